The van der Waals surface area contributed by atoms with Crippen molar-refractivity contribution in [2.24, 2.45) is 5.73 Å². The zero-order valence-electron chi connectivity index (χ0n) is 10.6. The Morgan fingerprint density at radius 2 is 2.21 bits per heavy atom. The third kappa shape index (κ3) is 3.05. The van der Waals surface area contributed by atoms with Crippen molar-refractivity contribution in [1.82, 2.24) is 9.78 Å². The number of nitrogens with two attached hydrogens (primary N) is 1. The highest BCUT2D eigenvalue weighted by molar-refractivity contribution is 7.80. The van der Waals surface area contributed by atoms with Gasteiger partial charge in [0, 0.05) is 6.04 Å². The van der Waals surface area contributed by atoms with Crippen LogP contribution in [0.3, 0.4) is 0 Å². The van der Waals surface area contributed by atoms with E-state index < -0.39 is 0 Å². The maximum atomic E-state index is 6.08. The first-order chi connectivity index (χ1) is 8.99. The van der Waals surface area contributed by atoms with Gasteiger partial charge in [0.05, 0.1) is 23.0 Å². The lowest BCUT2D eigenvalue weighted by Gasteiger charge is -2.10. The van der Waals surface area contributed by atoms with Crippen LogP contribution in [0.2, 0.25) is 5.02 Å². The normalized spacial score (nSPS) is 10.7. The molecule has 0 aliphatic rings. The van der Waals surface area contributed by atoms with Crippen molar-refractivity contribution in [1.29, 1.82) is 0 Å². The van der Waals surface area contributed by atoms with Gasteiger partial charge in [-0.3, -0.25) is 4.68 Å². The third-order valence-electron chi connectivity index (χ3n) is 2.56. The lowest BCUT2D eigenvalue weighted by Crippen LogP contribution is -2.11. The predicted octanol–water partition coefficient (Wildman–Crippen LogP) is 3.54. The second-order valence-electron chi connectivity index (χ2n) is 4.33. The first-order valence-corrected chi connectivity index (χ1v) is 6.58. The summed E-state index contributed by atoms with van der Waals surface area (Å²) in [6.45, 7) is 4.08. The van der Waals surface area contributed by atoms with Crippen LogP contribution in [-0.2, 0) is 0 Å². The SMILES string of the molecule is CC(C)n1cc(Oc2cccc(Cl)c2C(N)=S)cn1. The van der Waals surface area contributed by atoms with Crippen LogP contribution in [0.5, 0.6) is 11.5 Å². The van der Waals surface area contributed by atoms with E-state index in [4.69, 9.17) is 34.3 Å². The van der Waals surface area contributed by atoms with Gasteiger partial charge in [-0.2, -0.15) is 5.10 Å². The molecule has 100 valence electrons. The van der Waals surface area contributed by atoms with E-state index in [1.807, 2.05) is 20.0 Å². The highest BCUT2D eigenvalue weighted by atomic mass is 35.5. The standard InChI is InChI=1S/C13H14ClN3OS/c1-8(2)17-7-9(6-16-17)18-11-5-3-4-10(14)12(11)13(15)19/h3-8H,1-2H3,(H2,15,19). The lowest BCUT2D eigenvalue weighted by molar-refractivity contribution is 0.476. The minimum absolute atomic E-state index is 0.205. The number of halogens is 1. The molecule has 0 fully saturated rings. The van der Waals surface area contributed by atoms with Gasteiger partial charge in [-0.15, -0.1) is 0 Å². The van der Waals surface area contributed by atoms with E-state index in [0.717, 1.165) is 0 Å². The molecule has 4 nitrogen and oxygen atoms in total. The van der Waals surface area contributed by atoms with Gasteiger partial charge in [-0.05, 0) is 26.0 Å². The van der Waals surface area contributed by atoms with E-state index in [-0.39, 0.29) is 11.0 Å². The molecule has 0 spiro atoms. The molecule has 0 radical (unpaired) electrons. The third-order valence-corrected chi connectivity index (χ3v) is 3.08. The van der Waals surface area contributed by atoms with Gasteiger partial charge in [-0.25, -0.2) is 0 Å². The fourth-order valence-corrected chi connectivity index (χ4v) is 2.15. The molecule has 0 unspecified atom stereocenters. The molecule has 0 aliphatic heterocycles. The Kier molecular flexibility index (Phi) is 4.07. The van der Waals surface area contributed by atoms with Crippen molar-refractivity contribution >= 4 is 28.8 Å². The number of rotatable bonds is 4. The molecule has 0 atom stereocenters. The number of hydrogen-bond acceptors (Lipinski definition) is 3. The smallest absolute Gasteiger partial charge is 0.165 e. The van der Waals surface area contributed by atoms with Crippen LogP contribution in [0, 0.1) is 0 Å². The topological polar surface area (TPSA) is 53.1 Å². The van der Waals surface area contributed by atoms with Gasteiger partial charge < -0.3 is 10.5 Å². The highest BCUT2D eigenvalue weighted by Gasteiger charge is 2.12. The van der Waals surface area contributed by atoms with Crippen molar-refractivity contribution in [3.05, 3.63) is 41.2 Å². The molecule has 2 N–H and O–H groups in total. The molecular weight excluding hydrogens is 282 g/mol. The summed E-state index contributed by atoms with van der Waals surface area (Å²) in [5.74, 6) is 1.15. The van der Waals surface area contributed by atoms with E-state index in [2.05, 4.69) is 5.10 Å². The minimum atomic E-state index is 0.205. The Bertz CT molecular complexity index is 610. The zero-order valence-corrected chi connectivity index (χ0v) is 12.2. The summed E-state index contributed by atoms with van der Waals surface area (Å²) in [7, 11) is 0. The highest BCUT2D eigenvalue weighted by Crippen LogP contribution is 2.30. The molecular formula is C13H14ClN3OS. The molecule has 0 saturated carbocycles. The molecule has 2 aromatic rings. The fourth-order valence-electron chi connectivity index (χ4n) is 1.61. The van der Waals surface area contributed by atoms with Gasteiger partial charge in [0.25, 0.3) is 0 Å². The van der Waals surface area contributed by atoms with Crippen molar-refractivity contribution in [2.75, 3.05) is 0 Å². The van der Waals surface area contributed by atoms with Gasteiger partial charge in [0.1, 0.15) is 10.7 Å². The summed E-state index contributed by atoms with van der Waals surface area (Å²) in [4.78, 5) is 0.205. The van der Waals surface area contributed by atoms with Crippen LogP contribution in [0.25, 0.3) is 0 Å². The summed E-state index contributed by atoms with van der Waals surface area (Å²) >= 11 is 11.1. The Morgan fingerprint density at radius 1 is 1.47 bits per heavy atom. The first kappa shape index (κ1) is 13.8. The Balaban J connectivity index is 2.32. The Hall–Kier alpha value is -1.59. The van der Waals surface area contributed by atoms with E-state index >= 15 is 0 Å². The van der Waals surface area contributed by atoms with Gasteiger partial charge in [0.2, 0.25) is 0 Å². The summed E-state index contributed by atoms with van der Waals surface area (Å²) in [5, 5.41) is 4.68. The fraction of sp³-hybridized carbons (Fsp3) is 0.231. The zero-order chi connectivity index (χ0) is 14.0. The van der Waals surface area contributed by atoms with E-state index in [9.17, 15) is 0 Å². The maximum Gasteiger partial charge on any atom is 0.165 e. The molecule has 19 heavy (non-hydrogen) atoms. The van der Waals surface area contributed by atoms with E-state index in [1.54, 1.807) is 29.1 Å². The summed E-state index contributed by atoms with van der Waals surface area (Å²) in [6, 6.07) is 5.55. The predicted molar refractivity (Wildman–Crippen MR) is 80.0 cm³/mol. The van der Waals surface area contributed by atoms with Crippen LogP contribution >= 0.6 is 23.8 Å². The van der Waals surface area contributed by atoms with Crippen LogP contribution in [0.15, 0.2) is 30.6 Å². The van der Waals surface area contributed by atoms with Crippen molar-refractivity contribution < 1.29 is 4.74 Å². The molecule has 6 heteroatoms. The number of benzene rings is 1. The number of aromatic nitrogens is 2. The van der Waals surface area contributed by atoms with Crippen LogP contribution in [0.1, 0.15) is 25.5 Å². The molecule has 1 aromatic carbocycles. The number of ether oxygens (including phenoxy) is 1. The maximum absolute atomic E-state index is 6.08. The van der Waals surface area contributed by atoms with Gasteiger partial charge in [0.15, 0.2) is 5.75 Å². The van der Waals surface area contributed by atoms with Crippen molar-refractivity contribution in [2.45, 2.75) is 19.9 Å². The number of nitrogens with zero attached hydrogens (tertiary/aromatic N) is 2. The van der Waals surface area contributed by atoms with Crippen molar-refractivity contribution in [3.63, 3.8) is 0 Å². The van der Waals surface area contributed by atoms with E-state index in [0.29, 0.717) is 22.1 Å². The molecule has 2 rings (SSSR count). The molecule has 0 saturated heterocycles. The Morgan fingerprint density at radius 3 is 2.79 bits per heavy atom. The van der Waals surface area contributed by atoms with E-state index in [1.165, 1.54) is 0 Å². The minimum Gasteiger partial charge on any atom is -0.453 e. The number of hydrogen-bond donors (Lipinski definition) is 1. The van der Waals surface area contributed by atoms with Crippen molar-refractivity contribution in [3.8, 4) is 11.5 Å². The number of thiocarbonyl (C=S) groups is 1. The van der Waals surface area contributed by atoms with Gasteiger partial charge in [-0.1, -0.05) is 29.9 Å². The lowest BCUT2D eigenvalue weighted by atomic mass is 10.2. The average molecular weight is 296 g/mol. The van der Waals surface area contributed by atoms with Crippen LogP contribution in [0.4, 0.5) is 0 Å². The largest absolute Gasteiger partial charge is 0.453 e. The monoisotopic (exact) mass is 295 g/mol. The average Bonchev–Trinajstić information content (AvgIpc) is 2.77. The van der Waals surface area contributed by atoms with Gasteiger partial charge >= 0.3 is 0 Å². The molecule has 1 aromatic heterocycles. The van der Waals surface area contributed by atoms with Crippen LogP contribution < -0.4 is 10.5 Å². The molecule has 0 aliphatic carbocycles. The molecule has 1 heterocycles. The second kappa shape index (κ2) is 5.59. The quantitative estimate of drug-likeness (QED) is 0.877. The molecule has 0 amide bonds. The molecule has 0 bridgehead atoms. The summed E-state index contributed by atoms with van der Waals surface area (Å²) in [6.07, 6.45) is 3.46. The Labute approximate surface area is 122 Å². The van der Waals surface area contributed by atoms with Crippen LogP contribution in [-0.4, -0.2) is 14.8 Å². The second-order valence-corrected chi connectivity index (χ2v) is 5.18. The summed E-state index contributed by atoms with van der Waals surface area (Å²) < 4.78 is 7.55. The summed E-state index contributed by atoms with van der Waals surface area (Å²) in [5.41, 5.74) is 6.21. The first-order valence-electron chi connectivity index (χ1n) is 5.79.